The first-order valence-electron chi connectivity index (χ1n) is 6.31. The van der Waals surface area contributed by atoms with Crippen LogP contribution in [0.3, 0.4) is 0 Å². The van der Waals surface area contributed by atoms with Crippen LogP contribution in [0.1, 0.15) is 20.8 Å². The number of phenols is 1. The molecular formula is C14H19NO5S. The van der Waals surface area contributed by atoms with Crippen molar-refractivity contribution in [2.45, 2.75) is 32.4 Å². The lowest BCUT2D eigenvalue weighted by molar-refractivity contribution is -0.138. The second-order valence-electron chi connectivity index (χ2n) is 5.38. The third-order valence-corrected chi connectivity index (χ3v) is 2.85. The SMILES string of the molecule is CC(C)(C)OC(=O)N(c1ccccc1O)[C@H](CS)C(=O)O. The Morgan fingerprint density at radius 1 is 1.33 bits per heavy atom. The Morgan fingerprint density at radius 3 is 2.33 bits per heavy atom. The summed E-state index contributed by atoms with van der Waals surface area (Å²) in [6.45, 7) is 5.01. The van der Waals surface area contributed by atoms with Crippen molar-refractivity contribution < 1.29 is 24.5 Å². The molecule has 0 radical (unpaired) electrons. The summed E-state index contributed by atoms with van der Waals surface area (Å²) in [4.78, 5) is 24.6. The second kappa shape index (κ2) is 6.71. The molecule has 21 heavy (non-hydrogen) atoms. The summed E-state index contributed by atoms with van der Waals surface area (Å²) in [6, 6.07) is 4.71. The van der Waals surface area contributed by atoms with E-state index in [9.17, 15) is 19.8 Å². The molecule has 1 aromatic rings. The Morgan fingerprint density at radius 2 is 1.90 bits per heavy atom. The number of para-hydroxylation sites is 2. The van der Waals surface area contributed by atoms with Gasteiger partial charge in [0.1, 0.15) is 17.4 Å². The highest BCUT2D eigenvalue weighted by molar-refractivity contribution is 7.80. The monoisotopic (exact) mass is 313 g/mol. The number of rotatable bonds is 4. The number of aliphatic carboxylic acids is 1. The molecule has 1 amide bonds. The zero-order valence-corrected chi connectivity index (χ0v) is 13.0. The smallest absolute Gasteiger partial charge is 0.415 e. The number of carboxylic acid groups (broad SMARTS) is 1. The summed E-state index contributed by atoms with van der Waals surface area (Å²) < 4.78 is 5.22. The largest absolute Gasteiger partial charge is 0.506 e. The number of benzene rings is 1. The number of amides is 1. The molecule has 6 nitrogen and oxygen atoms in total. The molecule has 0 heterocycles. The van der Waals surface area contributed by atoms with Gasteiger partial charge < -0.3 is 14.9 Å². The van der Waals surface area contributed by atoms with Crippen LogP contribution in [0, 0.1) is 0 Å². The molecule has 0 fully saturated rings. The number of carbonyl (C=O) groups is 2. The lowest BCUT2D eigenvalue weighted by atomic mass is 10.2. The Balaban J connectivity index is 3.27. The third kappa shape index (κ3) is 4.56. The van der Waals surface area contributed by atoms with Crippen molar-refractivity contribution in [1.29, 1.82) is 0 Å². The van der Waals surface area contributed by atoms with Crippen molar-refractivity contribution in [3.8, 4) is 5.75 Å². The molecule has 116 valence electrons. The van der Waals surface area contributed by atoms with Gasteiger partial charge in [0, 0.05) is 5.75 Å². The van der Waals surface area contributed by atoms with Gasteiger partial charge in [-0.1, -0.05) is 12.1 Å². The minimum Gasteiger partial charge on any atom is -0.506 e. The van der Waals surface area contributed by atoms with Crippen molar-refractivity contribution in [3.63, 3.8) is 0 Å². The number of hydrogen-bond acceptors (Lipinski definition) is 5. The number of phenolic OH excluding ortho intramolecular Hbond substituents is 1. The highest BCUT2D eigenvalue weighted by atomic mass is 32.1. The molecule has 0 saturated heterocycles. The van der Waals surface area contributed by atoms with Crippen LogP contribution < -0.4 is 4.90 Å². The highest BCUT2D eigenvalue weighted by Gasteiger charge is 2.34. The van der Waals surface area contributed by atoms with Crippen LogP contribution in [0.5, 0.6) is 5.75 Å². The molecule has 7 heteroatoms. The van der Waals surface area contributed by atoms with Gasteiger partial charge in [-0.3, -0.25) is 4.90 Å². The number of nitrogens with zero attached hydrogens (tertiary/aromatic N) is 1. The van der Waals surface area contributed by atoms with E-state index in [1.54, 1.807) is 32.9 Å². The minimum atomic E-state index is -1.25. The molecule has 0 aliphatic rings. The van der Waals surface area contributed by atoms with E-state index in [1.165, 1.54) is 12.1 Å². The maximum Gasteiger partial charge on any atom is 0.415 e. The van der Waals surface area contributed by atoms with Crippen LogP contribution in [0.4, 0.5) is 10.5 Å². The highest BCUT2D eigenvalue weighted by Crippen LogP contribution is 2.30. The molecule has 2 N–H and O–H groups in total. The summed E-state index contributed by atoms with van der Waals surface area (Å²) in [7, 11) is 0. The van der Waals surface area contributed by atoms with Crippen LogP contribution in [0.25, 0.3) is 0 Å². The molecular weight excluding hydrogens is 294 g/mol. The van der Waals surface area contributed by atoms with Crippen molar-refractivity contribution in [2.24, 2.45) is 0 Å². The maximum absolute atomic E-state index is 12.3. The first-order chi connectivity index (χ1) is 9.67. The van der Waals surface area contributed by atoms with E-state index < -0.39 is 23.7 Å². The summed E-state index contributed by atoms with van der Waals surface area (Å²) in [5.41, 5.74) is -0.729. The fourth-order valence-corrected chi connectivity index (χ4v) is 1.96. The number of aromatic hydroxyl groups is 1. The van der Waals surface area contributed by atoms with Gasteiger partial charge in [-0.15, -0.1) is 0 Å². The molecule has 1 aromatic carbocycles. The number of carboxylic acids is 1. The molecule has 0 aliphatic carbocycles. The van der Waals surface area contributed by atoms with Gasteiger partial charge in [0.15, 0.2) is 0 Å². The van der Waals surface area contributed by atoms with E-state index >= 15 is 0 Å². The van der Waals surface area contributed by atoms with Gasteiger partial charge in [-0.2, -0.15) is 12.6 Å². The molecule has 0 aromatic heterocycles. The quantitative estimate of drug-likeness (QED) is 0.744. The average Bonchev–Trinajstić information content (AvgIpc) is 2.34. The van der Waals surface area contributed by atoms with E-state index in [-0.39, 0.29) is 17.2 Å². The van der Waals surface area contributed by atoms with E-state index in [0.29, 0.717) is 0 Å². The number of thiol groups is 1. The average molecular weight is 313 g/mol. The Labute approximate surface area is 128 Å². The van der Waals surface area contributed by atoms with Gasteiger partial charge >= 0.3 is 12.1 Å². The van der Waals surface area contributed by atoms with Crippen molar-refractivity contribution in [3.05, 3.63) is 24.3 Å². The third-order valence-electron chi connectivity index (χ3n) is 2.50. The molecule has 0 bridgehead atoms. The summed E-state index contributed by atoms with van der Waals surface area (Å²) in [6.07, 6.45) is -0.856. The molecule has 0 saturated carbocycles. The normalized spacial score (nSPS) is 12.6. The molecule has 1 rings (SSSR count). The van der Waals surface area contributed by atoms with Gasteiger partial charge in [-0.05, 0) is 32.9 Å². The van der Waals surface area contributed by atoms with E-state index in [2.05, 4.69) is 12.6 Å². The maximum atomic E-state index is 12.3. The van der Waals surface area contributed by atoms with Gasteiger partial charge in [0.05, 0.1) is 5.69 Å². The fraction of sp³-hybridized carbons (Fsp3) is 0.429. The molecule has 1 atom stereocenters. The van der Waals surface area contributed by atoms with Gasteiger partial charge in [-0.25, -0.2) is 9.59 Å². The number of carbonyl (C=O) groups excluding carboxylic acids is 1. The van der Waals surface area contributed by atoms with Crippen molar-refractivity contribution in [2.75, 3.05) is 10.7 Å². The number of ether oxygens (including phenoxy) is 1. The lowest BCUT2D eigenvalue weighted by Gasteiger charge is -2.31. The van der Waals surface area contributed by atoms with Crippen LogP contribution in [-0.2, 0) is 9.53 Å². The van der Waals surface area contributed by atoms with Crippen LogP contribution in [0.2, 0.25) is 0 Å². The van der Waals surface area contributed by atoms with E-state index in [4.69, 9.17) is 4.74 Å². The van der Waals surface area contributed by atoms with E-state index in [1.807, 2.05) is 0 Å². The van der Waals surface area contributed by atoms with Crippen molar-refractivity contribution >= 4 is 30.4 Å². The van der Waals surface area contributed by atoms with Gasteiger partial charge in [0.25, 0.3) is 0 Å². The molecule has 0 unspecified atom stereocenters. The first-order valence-corrected chi connectivity index (χ1v) is 6.94. The molecule has 0 spiro atoms. The summed E-state index contributed by atoms with van der Waals surface area (Å²) >= 11 is 3.97. The lowest BCUT2D eigenvalue weighted by Crippen LogP contribution is -2.48. The van der Waals surface area contributed by atoms with E-state index in [0.717, 1.165) is 4.90 Å². The predicted molar refractivity (Wildman–Crippen MR) is 82.1 cm³/mol. The zero-order chi connectivity index (χ0) is 16.2. The second-order valence-corrected chi connectivity index (χ2v) is 5.74. The molecule has 0 aliphatic heterocycles. The Hall–Kier alpha value is -1.89. The fourth-order valence-electron chi connectivity index (χ4n) is 1.64. The van der Waals surface area contributed by atoms with Crippen LogP contribution in [0.15, 0.2) is 24.3 Å². The van der Waals surface area contributed by atoms with Crippen molar-refractivity contribution in [1.82, 2.24) is 0 Å². The minimum absolute atomic E-state index is 0.0631. The zero-order valence-electron chi connectivity index (χ0n) is 12.1. The Kier molecular flexibility index (Phi) is 5.48. The van der Waals surface area contributed by atoms with Crippen LogP contribution in [-0.4, -0.2) is 39.7 Å². The first kappa shape index (κ1) is 17.2. The Bertz CT molecular complexity index is 526. The van der Waals surface area contributed by atoms with Gasteiger partial charge in [0.2, 0.25) is 0 Å². The summed E-state index contributed by atoms with van der Waals surface area (Å²) in [5, 5.41) is 19.2. The summed E-state index contributed by atoms with van der Waals surface area (Å²) in [5.74, 6) is -1.57. The topological polar surface area (TPSA) is 87.1 Å². The van der Waals surface area contributed by atoms with Crippen LogP contribution >= 0.6 is 12.6 Å². The standard InChI is InChI=1S/C14H19NO5S/c1-14(2,3)20-13(19)15(10(8-21)12(17)18)9-6-4-5-7-11(9)16/h4-7,10,16,21H,8H2,1-3H3,(H,17,18)/t10-/m1/s1. The predicted octanol–water partition coefficient (Wildman–Crippen LogP) is 2.52. The number of hydrogen-bond donors (Lipinski definition) is 3. The number of anilines is 1.